The number of rotatable bonds is 6. The van der Waals surface area contributed by atoms with E-state index in [-0.39, 0.29) is 18.7 Å². The second-order valence-electron chi connectivity index (χ2n) is 4.07. The lowest BCUT2D eigenvalue weighted by Crippen LogP contribution is -2.30. The Kier molecular flexibility index (Phi) is 5.69. The van der Waals surface area contributed by atoms with Crippen LogP contribution in [0.5, 0.6) is 0 Å². The van der Waals surface area contributed by atoms with Crippen LogP contribution in [-0.4, -0.2) is 29.6 Å². The molecule has 0 fully saturated rings. The van der Waals surface area contributed by atoms with Crippen LogP contribution in [0, 0.1) is 23.0 Å². The summed E-state index contributed by atoms with van der Waals surface area (Å²) in [6.07, 6.45) is -0.231. The van der Waals surface area contributed by atoms with Crippen molar-refractivity contribution in [2.24, 2.45) is 0 Å². The van der Waals surface area contributed by atoms with Crippen LogP contribution in [0.4, 0.5) is 8.78 Å². The molecule has 0 bridgehead atoms. The summed E-state index contributed by atoms with van der Waals surface area (Å²) in [6.45, 7) is 2.93. The van der Waals surface area contributed by atoms with Gasteiger partial charge in [-0.05, 0) is 19.0 Å². The summed E-state index contributed by atoms with van der Waals surface area (Å²) < 4.78 is 26.2. The molecule has 3 nitrogen and oxygen atoms in total. The van der Waals surface area contributed by atoms with E-state index >= 15 is 0 Å². The Balaban J connectivity index is 2.74. The van der Waals surface area contributed by atoms with Gasteiger partial charge in [0, 0.05) is 18.2 Å². The summed E-state index contributed by atoms with van der Waals surface area (Å²) in [5, 5.41) is 18.5. The fraction of sp³-hybridized carbons (Fsp3) is 0.462. The summed E-state index contributed by atoms with van der Waals surface area (Å²) in [5.41, 5.74) is 0.0513. The number of halogens is 2. The van der Waals surface area contributed by atoms with Crippen LogP contribution >= 0.6 is 0 Å². The van der Waals surface area contributed by atoms with Crippen molar-refractivity contribution < 1.29 is 13.9 Å². The molecular weight excluding hydrogens is 238 g/mol. The molecule has 0 aromatic heterocycles. The fourth-order valence-electron chi connectivity index (χ4n) is 1.77. The zero-order valence-electron chi connectivity index (χ0n) is 10.2. The molecule has 98 valence electrons. The van der Waals surface area contributed by atoms with Crippen molar-refractivity contribution in [3.63, 3.8) is 0 Å². The highest BCUT2D eigenvalue weighted by molar-refractivity contribution is 5.21. The van der Waals surface area contributed by atoms with Crippen LogP contribution < -0.4 is 0 Å². The molecule has 0 heterocycles. The third-order valence-electron chi connectivity index (χ3n) is 2.59. The number of hydrogen-bond donors (Lipinski definition) is 1. The van der Waals surface area contributed by atoms with E-state index in [0.717, 1.165) is 18.6 Å². The predicted octanol–water partition coefficient (Wildman–Crippen LogP) is 2.23. The van der Waals surface area contributed by atoms with Gasteiger partial charge >= 0.3 is 0 Å². The van der Waals surface area contributed by atoms with Crippen LogP contribution in [0.1, 0.15) is 25.0 Å². The summed E-state index contributed by atoms with van der Waals surface area (Å²) in [5.74, 6) is -1.44. The summed E-state index contributed by atoms with van der Waals surface area (Å²) in [6, 6.07) is 5.07. The Bertz CT molecular complexity index is 431. The van der Waals surface area contributed by atoms with Crippen molar-refractivity contribution in [2.75, 3.05) is 19.6 Å². The first kappa shape index (κ1) is 14.6. The Morgan fingerprint density at radius 3 is 2.72 bits per heavy atom. The van der Waals surface area contributed by atoms with Crippen molar-refractivity contribution in [3.8, 4) is 6.07 Å². The molecule has 5 heteroatoms. The van der Waals surface area contributed by atoms with E-state index in [0.29, 0.717) is 6.54 Å². The molecule has 1 N–H and O–H groups in total. The lowest BCUT2D eigenvalue weighted by Gasteiger charge is -2.22. The van der Waals surface area contributed by atoms with Crippen LogP contribution in [0.15, 0.2) is 18.2 Å². The molecule has 1 aromatic rings. The molecule has 1 unspecified atom stereocenters. The molecule has 0 spiro atoms. The van der Waals surface area contributed by atoms with Gasteiger partial charge in [-0.25, -0.2) is 8.78 Å². The monoisotopic (exact) mass is 254 g/mol. The second kappa shape index (κ2) is 7.04. The van der Waals surface area contributed by atoms with Gasteiger partial charge in [-0.1, -0.05) is 13.0 Å². The largest absolute Gasteiger partial charge is 0.387 e. The van der Waals surface area contributed by atoms with Gasteiger partial charge in [-0.15, -0.1) is 0 Å². The first-order chi connectivity index (χ1) is 8.58. The van der Waals surface area contributed by atoms with Crippen molar-refractivity contribution >= 4 is 0 Å². The van der Waals surface area contributed by atoms with E-state index in [9.17, 15) is 13.9 Å². The van der Waals surface area contributed by atoms with Gasteiger partial charge in [0.15, 0.2) is 0 Å². The van der Waals surface area contributed by atoms with Crippen LogP contribution in [0.3, 0.4) is 0 Å². The fourth-order valence-corrected chi connectivity index (χ4v) is 1.77. The molecule has 0 saturated heterocycles. The SMILES string of the molecule is CCCN(CC#N)CC(O)c1ccc(F)cc1F. The minimum atomic E-state index is -1.06. The van der Waals surface area contributed by atoms with Gasteiger partial charge in [0.2, 0.25) is 0 Å². The molecule has 0 aliphatic rings. The van der Waals surface area contributed by atoms with Crippen LogP contribution in [-0.2, 0) is 0 Å². The molecule has 0 amide bonds. The molecular formula is C13H16F2N2O. The third-order valence-corrected chi connectivity index (χ3v) is 2.59. The maximum atomic E-state index is 13.4. The summed E-state index contributed by atoms with van der Waals surface area (Å²) >= 11 is 0. The summed E-state index contributed by atoms with van der Waals surface area (Å²) in [4.78, 5) is 1.73. The number of nitrogens with zero attached hydrogens (tertiary/aromatic N) is 2. The van der Waals surface area contributed by atoms with E-state index in [1.165, 1.54) is 6.07 Å². The number of aliphatic hydroxyl groups excluding tert-OH is 1. The predicted molar refractivity (Wildman–Crippen MR) is 63.7 cm³/mol. The van der Waals surface area contributed by atoms with Gasteiger partial charge in [0.1, 0.15) is 11.6 Å². The third kappa shape index (κ3) is 4.06. The smallest absolute Gasteiger partial charge is 0.131 e. The van der Waals surface area contributed by atoms with Gasteiger partial charge in [-0.3, -0.25) is 4.90 Å². The van der Waals surface area contributed by atoms with Gasteiger partial charge in [-0.2, -0.15) is 5.26 Å². The molecule has 18 heavy (non-hydrogen) atoms. The van der Waals surface area contributed by atoms with Gasteiger partial charge < -0.3 is 5.11 Å². The highest BCUT2D eigenvalue weighted by Crippen LogP contribution is 2.19. The van der Waals surface area contributed by atoms with E-state index < -0.39 is 17.7 Å². The van der Waals surface area contributed by atoms with E-state index in [1.54, 1.807) is 4.90 Å². The maximum Gasteiger partial charge on any atom is 0.131 e. The summed E-state index contributed by atoms with van der Waals surface area (Å²) in [7, 11) is 0. The first-order valence-electron chi connectivity index (χ1n) is 5.80. The van der Waals surface area contributed by atoms with E-state index in [2.05, 4.69) is 0 Å². The average Bonchev–Trinajstić information content (AvgIpc) is 2.29. The van der Waals surface area contributed by atoms with E-state index in [4.69, 9.17) is 5.26 Å². The average molecular weight is 254 g/mol. The second-order valence-corrected chi connectivity index (χ2v) is 4.07. The molecule has 1 rings (SSSR count). The number of nitriles is 1. The topological polar surface area (TPSA) is 47.3 Å². The van der Waals surface area contributed by atoms with Crippen LogP contribution in [0.2, 0.25) is 0 Å². The number of benzene rings is 1. The van der Waals surface area contributed by atoms with Crippen molar-refractivity contribution in [3.05, 3.63) is 35.4 Å². The molecule has 0 aliphatic heterocycles. The highest BCUT2D eigenvalue weighted by Gasteiger charge is 2.16. The van der Waals surface area contributed by atoms with E-state index in [1.807, 2.05) is 13.0 Å². The zero-order valence-corrected chi connectivity index (χ0v) is 10.2. The first-order valence-corrected chi connectivity index (χ1v) is 5.80. The quantitative estimate of drug-likeness (QED) is 0.792. The molecule has 0 aliphatic carbocycles. The minimum absolute atomic E-state index is 0.0513. The maximum absolute atomic E-state index is 13.4. The highest BCUT2D eigenvalue weighted by atomic mass is 19.1. The Hall–Kier alpha value is -1.51. The van der Waals surface area contributed by atoms with Gasteiger partial charge in [0.05, 0.1) is 18.7 Å². The standard InChI is InChI=1S/C13H16F2N2O/c1-2-6-17(7-5-16)9-13(18)11-4-3-10(14)8-12(11)15/h3-4,8,13,18H,2,6-7,9H2,1H3. The van der Waals surface area contributed by atoms with Gasteiger partial charge in [0.25, 0.3) is 0 Å². The molecule has 1 atom stereocenters. The Morgan fingerprint density at radius 1 is 1.44 bits per heavy atom. The molecule has 1 aromatic carbocycles. The molecule has 0 radical (unpaired) electrons. The lowest BCUT2D eigenvalue weighted by atomic mass is 10.1. The Morgan fingerprint density at radius 2 is 2.17 bits per heavy atom. The molecule has 0 saturated carbocycles. The zero-order chi connectivity index (χ0) is 13.5. The number of aliphatic hydroxyl groups is 1. The van der Waals surface area contributed by atoms with Crippen molar-refractivity contribution in [2.45, 2.75) is 19.4 Å². The minimum Gasteiger partial charge on any atom is -0.387 e. The number of hydrogen-bond acceptors (Lipinski definition) is 3. The van der Waals surface area contributed by atoms with Crippen molar-refractivity contribution in [1.29, 1.82) is 5.26 Å². The lowest BCUT2D eigenvalue weighted by molar-refractivity contribution is 0.117. The Labute approximate surface area is 105 Å². The van der Waals surface area contributed by atoms with Crippen molar-refractivity contribution in [1.82, 2.24) is 4.90 Å². The van der Waals surface area contributed by atoms with Crippen LogP contribution in [0.25, 0.3) is 0 Å². The normalized spacial score (nSPS) is 12.4.